The summed E-state index contributed by atoms with van der Waals surface area (Å²) in [5.41, 5.74) is 0.840. The van der Waals surface area contributed by atoms with E-state index < -0.39 is 0 Å². The molecule has 1 aromatic rings. The van der Waals surface area contributed by atoms with E-state index in [4.69, 9.17) is 0 Å². The van der Waals surface area contributed by atoms with Crippen LogP contribution < -0.4 is 0 Å². The smallest absolute Gasteiger partial charge is 0.211 e. The Kier molecular flexibility index (Phi) is 2.53. The van der Waals surface area contributed by atoms with Crippen molar-refractivity contribution in [3.8, 4) is 0 Å². The third kappa shape index (κ3) is 1.54. The van der Waals surface area contributed by atoms with Gasteiger partial charge in [0.1, 0.15) is 0 Å². The molecule has 0 atom stereocenters. The predicted molar refractivity (Wildman–Crippen MR) is 57.8 cm³/mol. The maximum Gasteiger partial charge on any atom is 0.235 e. The number of nitrogens with zero attached hydrogens (tertiary/aromatic N) is 1. The van der Waals surface area contributed by atoms with Crippen LogP contribution in [-0.2, 0) is 10.3 Å². The molecule has 3 heteroatoms. The number of hydrogen-bond donors (Lipinski definition) is 0. The van der Waals surface area contributed by atoms with Gasteiger partial charge in [-0.3, -0.25) is 0 Å². The van der Waals surface area contributed by atoms with E-state index in [2.05, 4.69) is 20.9 Å². The summed E-state index contributed by atoms with van der Waals surface area (Å²) in [7, 11) is 0. The third-order valence-electron chi connectivity index (χ3n) is 2.80. The van der Waals surface area contributed by atoms with Crippen LogP contribution in [0, 0.1) is 0 Å². The molecule has 1 aromatic carbocycles. The van der Waals surface area contributed by atoms with E-state index in [-0.39, 0.29) is 5.54 Å². The zero-order valence-corrected chi connectivity index (χ0v) is 9.25. The van der Waals surface area contributed by atoms with Crippen molar-refractivity contribution in [2.24, 2.45) is 4.99 Å². The van der Waals surface area contributed by atoms with Crippen LogP contribution in [0.2, 0.25) is 0 Å². The van der Waals surface area contributed by atoms with E-state index >= 15 is 0 Å². The molecule has 0 saturated heterocycles. The summed E-state index contributed by atoms with van der Waals surface area (Å²) in [4.78, 5) is 14.3. The Hall–Kier alpha value is -0.920. The van der Waals surface area contributed by atoms with E-state index in [0.717, 1.165) is 29.3 Å². The first-order chi connectivity index (χ1) is 6.77. The van der Waals surface area contributed by atoms with E-state index in [1.807, 2.05) is 24.3 Å². The fourth-order valence-electron chi connectivity index (χ4n) is 1.84. The van der Waals surface area contributed by atoms with E-state index in [1.54, 1.807) is 6.08 Å². The van der Waals surface area contributed by atoms with Crippen LogP contribution in [0.5, 0.6) is 0 Å². The summed E-state index contributed by atoms with van der Waals surface area (Å²) >= 11 is 3.42. The van der Waals surface area contributed by atoms with Gasteiger partial charge in [0.15, 0.2) is 0 Å². The first-order valence-electron chi connectivity index (χ1n) is 4.62. The molecular formula is C11H10BrNO. The van der Waals surface area contributed by atoms with E-state index in [1.165, 1.54) is 0 Å². The number of aliphatic imine (C=N–C) groups is 1. The summed E-state index contributed by atoms with van der Waals surface area (Å²) in [5, 5.41) is 0. The number of hydrogen-bond acceptors (Lipinski definition) is 2. The molecule has 0 unspecified atom stereocenters. The van der Waals surface area contributed by atoms with Crippen molar-refractivity contribution in [2.75, 3.05) is 0 Å². The first kappa shape index (κ1) is 9.63. The van der Waals surface area contributed by atoms with Crippen molar-refractivity contribution in [3.05, 3.63) is 34.3 Å². The highest BCUT2D eigenvalue weighted by Crippen LogP contribution is 2.45. The van der Waals surface area contributed by atoms with Gasteiger partial charge in [-0.15, -0.1) is 0 Å². The molecule has 1 saturated carbocycles. The lowest BCUT2D eigenvalue weighted by Gasteiger charge is -2.37. The van der Waals surface area contributed by atoms with Crippen molar-refractivity contribution < 1.29 is 4.79 Å². The average molecular weight is 252 g/mol. The van der Waals surface area contributed by atoms with Gasteiger partial charge in [-0.2, -0.15) is 4.99 Å². The standard InChI is InChI=1S/C11H10BrNO/c12-10-4-1-3-9(7-10)11(13-8-14)5-2-6-11/h1,3-4,7H,2,5-6H2. The molecular weight excluding hydrogens is 242 g/mol. The summed E-state index contributed by atoms with van der Waals surface area (Å²) in [6, 6.07) is 7.99. The number of isocyanates is 1. The van der Waals surface area contributed by atoms with Gasteiger partial charge in [-0.05, 0) is 37.0 Å². The Balaban J connectivity index is 2.41. The van der Waals surface area contributed by atoms with Crippen LogP contribution in [0.3, 0.4) is 0 Å². The zero-order chi connectivity index (χ0) is 10.0. The lowest BCUT2D eigenvalue weighted by molar-refractivity contribution is 0.256. The van der Waals surface area contributed by atoms with Crippen LogP contribution in [-0.4, -0.2) is 6.08 Å². The fourth-order valence-corrected chi connectivity index (χ4v) is 2.24. The molecule has 1 aliphatic carbocycles. The Morgan fingerprint density at radius 2 is 2.21 bits per heavy atom. The van der Waals surface area contributed by atoms with Gasteiger partial charge in [0.2, 0.25) is 6.08 Å². The van der Waals surface area contributed by atoms with Gasteiger partial charge in [-0.25, -0.2) is 4.79 Å². The predicted octanol–water partition coefficient (Wildman–Crippen LogP) is 3.16. The van der Waals surface area contributed by atoms with Gasteiger partial charge in [0.05, 0.1) is 5.54 Å². The number of rotatable bonds is 2. The van der Waals surface area contributed by atoms with Crippen molar-refractivity contribution >= 4 is 22.0 Å². The first-order valence-corrected chi connectivity index (χ1v) is 5.41. The SMILES string of the molecule is O=C=NC1(c2cccc(Br)c2)CCC1. The molecule has 0 amide bonds. The second-order valence-corrected chi connectivity index (χ2v) is 4.51. The van der Waals surface area contributed by atoms with Crippen molar-refractivity contribution in [1.82, 2.24) is 0 Å². The number of benzene rings is 1. The Labute approximate surface area is 91.2 Å². The average Bonchev–Trinajstić information content (AvgIpc) is 2.11. The van der Waals surface area contributed by atoms with Crippen LogP contribution in [0.25, 0.3) is 0 Å². The minimum Gasteiger partial charge on any atom is -0.211 e. The molecule has 0 radical (unpaired) electrons. The van der Waals surface area contributed by atoms with Gasteiger partial charge >= 0.3 is 0 Å². The van der Waals surface area contributed by atoms with Crippen LogP contribution in [0.4, 0.5) is 0 Å². The van der Waals surface area contributed by atoms with Gasteiger partial charge < -0.3 is 0 Å². The van der Waals surface area contributed by atoms with Crippen LogP contribution in [0.15, 0.2) is 33.7 Å². The topological polar surface area (TPSA) is 29.4 Å². The van der Waals surface area contributed by atoms with Crippen LogP contribution >= 0.6 is 15.9 Å². The second-order valence-electron chi connectivity index (χ2n) is 3.60. The lowest BCUT2D eigenvalue weighted by Crippen LogP contribution is -2.31. The normalized spacial score (nSPS) is 18.1. The van der Waals surface area contributed by atoms with Gasteiger partial charge in [0, 0.05) is 4.47 Å². The van der Waals surface area contributed by atoms with Crippen LogP contribution in [0.1, 0.15) is 24.8 Å². The fraction of sp³-hybridized carbons (Fsp3) is 0.364. The molecule has 1 fully saturated rings. The minimum atomic E-state index is -0.272. The minimum absolute atomic E-state index is 0.272. The molecule has 0 aliphatic heterocycles. The van der Waals surface area contributed by atoms with Crippen molar-refractivity contribution in [2.45, 2.75) is 24.8 Å². The van der Waals surface area contributed by atoms with Crippen molar-refractivity contribution in [1.29, 1.82) is 0 Å². The highest BCUT2D eigenvalue weighted by Gasteiger charge is 2.38. The molecule has 0 N–H and O–H groups in total. The highest BCUT2D eigenvalue weighted by molar-refractivity contribution is 9.10. The Morgan fingerprint density at radius 3 is 2.71 bits per heavy atom. The summed E-state index contributed by atoms with van der Waals surface area (Å²) in [5.74, 6) is 0. The quantitative estimate of drug-likeness (QED) is 0.587. The van der Waals surface area contributed by atoms with E-state index in [0.29, 0.717) is 0 Å². The molecule has 0 aromatic heterocycles. The molecule has 0 heterocycles. The third-order valence-corrected chi connectivity index (χ3v) is 3.30. The molecule has 14 heavy (non-hydrogen) atoms. The highest BCUT2D eigenvalue weighted by atomic mass is 79.9. The molecule has 0 bridgehead atoms. The maximum absolute atomic E-state index is 10.4. The molecule has 2 rings (SSSR count). The largest absolute Gasteiger partial charge is 0.235 e. The summed E-state index contributed by atoms with van der Waals surface area (Å²) in [6.07, 6.45) is 4.74. The lowest BCUT2D eigenvalue weighted by atomic mass is 9.72. The Bertz CT molecular complexity index is 392. The molecule has 2 nitrogen and oxygen atoms in total. The maximum atomic E-state index is 10.4. The summed E-state index contributed by atoms with van der Waals surface area (Å²) < 4.78 is 1.03. The number of carbonyl (C=O) groups excluding carboxylic acids is 1. The molecule has 72 valence electrons. The van der Waals surface area contributed by atoms with E-state index in [9.17, 15) is 4.79 Å². The van der Waals surface area contributed by atoms with Crippen molar-refractivity contribution in [3.63, 3.8) is 0 Å². The molecule has 1 aliphatic rings. The second kappa shape index (κ2) is 3.68. The van der Waals surface area contributed by atoms with Gasteiger partial charge in [-0.1, -0.05) is 28.1 Å². The monoisotopic (exact) mass is 251 g/mol. The van der Waals surface area contributed by atoms with Gasteiger partial charge in [0.25, 0.3) is 0 Å². The Morgan fingerprint density at radius 1 is 1.43 bits per heavy atom. The molecule has 0 spiro atoms. The number of halogens is 1. The zero-order valence-electron chi connectivity index (χ0n) is 7.66. The summed E-state index contributed by atoms with van der Waals surface area (Å²) in [6.45, 7) is 0.